The van der Waals surface area contributed by atoms with Gasteiger partial charge in [0, 0.05) is 44.5 Å². The van der Waals surface area contributed by atoms with Gasteiger partial charge in [0.2, 0.25) is 0 Å². The Kier molecular flexibility index (Phi) is 5.61. The van der Waals surface area contributed by atoms with E-state index in [-0.39, 0.29) is 0 Å². The molecule has 1 heterocycles. The largest absolute Gasteiger partial charge is 0.396 e. The Balaban J connectivity index is 1.85. The molecule has 4 heteroatoms. The van der Waals surface area contributed by atoms with Gasteiger partial charge >= 0.3 is 0 Å². The summed E-state index contributed by atoms with van der Waals surface area (Å²) in [6, 6.07) is 4.89. The molecule has 0 aliphatic heterocycles. The molecule has 2 rings (SSSR count). The summed E-state index contributed by atoms with van der Waals surface area (Å²) in [5.41, 5.74) is 1.28. The number of aliphatic hydroxyl groups excluding tert-OH is 1. The lowest BCUT2D eigenvalue weighted by Gasteiger charge is -2.21. The summed E-state index contributed by atoms with van der Waals surface area (Å²) in [5.74, 6) is 1.08. The first-order chi connectivity index (χ1) is 9.31. The summed E-state index contributed by atoms with van der Waals surface area (Å²) >= 11 is 0. The van der Waals surface area contributed by atoms with Gasteiger partial charge in [0.25, 0.3) is 0 Å². The third-order valence-electron chi connectivity index (χ3n) is 3.54. The first kappa shape index (κ1) is 14.3. The van der Waals surface area contributed by atoms with Crippen molar-refractivity contribution < 1.29 is 5.11 Å². The number of nitrogens with one attached hydrogen (secondary N) is 1. The van der Waals surface area contributed by atoms with Crippen LogP contribution < -0.4 is 10.2 Å². The molecule has 0 saturated heterocycles. The number of unbranched alkanes of at least 4 members (excludes halogenated alkanes) is 2. The van der Waals surface area contributed by atoms with E-state index < -0.39 is 0 Å². The number of hydrogen-bond donors (Lipinski definition) is 2. The predicted octanol–water partition coefficient (Wildman–Crippen LogP) is 1.93. The smallest absolute Gasteiger partial charge is 0.132 e. The van der Waals surface area contributed by atoms with Gasteiger partial charge in [-0.15, -0.1) is 0 Å². The van der Waals surface area contributed by atoms with Crippen molar-refractivity contribution in [3.8, 4) is 0 Å². The molecule has 0 bridgehead atoms. The van der Waals surface area contributed by atoms with Gasteiger partial charge < -0.3 is 15.3 Å². The fraction of sp³-hybridized carbons (Fsp3) is 0.667. The second-order valence-electron chi connectivity index (χ2n) is 5.35. The third kappa shape index (κ3) is 4.80. The third-order valence-corrected chi connectivity index (χ3v) is 3.54. The minimum Gasteiger partial charge on any atom is -0.396 e. The summed E-state index contributed by atoms with van der Waals surface area (Å²) in [5, 5.41) is 12.3. The van der Waals surface area contributed by atoms with E-state index in [9.17, 15) is 0 Å². The van der Waals surface area contributed by atoms with E-state index in [4.69, 9.17) is 5.11 Å². The molecule has 4 nitrogen and oxygen atoms in total. The first-order valence-corrected chi connectivity index (χ1v) is 7.30. The van der Waals surface area contributed by atoms with Gasteiger partial charge in [0.15, 0.2) is 0 Å². The summed E-state index contributed by atoms with van der Waals surface area (Å²) in [7, 11) is 2.10. The average Bonchev–Trinajstić information content (AvgIpc) is 3.25. The SMILES string of the molecule is CN(CCCCCO)c1ncccc1CNC1CC1. The van der Waals surface area contributed by atoms with E-state index in [0.717, 1.165) is 44.2 Å². The Hall–Kier alpha value is -1.13. The molecule has 106 valence electrons. The van der Waals surface area contributed by atoms with Crippen molar-refractivity contribution >= 4 is 5.82 Å². The molecular weight excluding hydrogens is 238 g/mol. The molecule has 0 aromatic carbocycles. The van der Waals surface area contributed by atoms with Gasteiger partial charge in [0.1, 0.15) is 5.82 Å². The van der Waals surface area contributed by atoms with Crippen molar-refractivity contribution in [1.29, 1.82) is 0 Å². The Bertz CT molecular complexity index is 379. The number of anilines is 1. The van der Waals surface area contributed by atoms with Crippen LogP contribution in [0, 0.1) is 0 Å². The molecular formula is C15H25N3O. The van der Waals surface area contributed by atoms with Crippen molar-refractivity contribution in [1.82, 2.24) is 10.3 Å². The summed E-state index contributed by atoms with van der Waals surface area (Å²) in [6.45, 7) is 2.20. The van der Waals surface area contributed by atoms with Crippen LogP contribution in [0.3, 0.4) is 0 Å². The minimum atomic E-state index is 0.295. The molecule has 2 N–H and O–H groups in total. The second kappa shape index (κ2) is 7.46. The number of nitrogens with zero attached hydrogens (tertiary/aromatic N) is 2. The van der Waals surface area contributed by atoms with E-state index in [0.29, 0.717) is 6.61 Å². The molecule has 0 atom stereocenters. The van der Waals surface area contributed by atoms with E-state index in [2.05, 4.69) is 28.3 Å². The van der Waals surface area contributed by atoms with Gasteiger partial charge in [-0.05, 0) is 38.2 Å². The van der Waals surface area contributed by atoms with Crippen molar-refractivity contribution in [3.63, 3.8) is 0 Å². The van der Waals surface area contributed by atoms with Crippen LogP contribution in [0.15, 0.2) is 18.3 Å². The molecule has 1 aliphatic rings. The van der Waals surface area contributed by atoms with Gasteiger partial charge in [-0.1, -0.05) is 6.07 Å². The number of rotatable bonds is 9. The minimum absolute atomic E-state index is 0.295. The second-order valence-corrected chi connectivity index (χ2v) is 5.35. The highest BCUT2D eigenvalue weighted by atomic mass is 16.2. The summed E-state index contributed by atoms with van der Waals surface area (Å²) < 4.78 is 0. The number of aliphatic hydroxyl groups is 1. The van der Waals surface area contributed by atoms with Crippen LogP contribution >= 0.6 is 0 Å². The van der Waals surface area contributed by atoms with Crippen molar-refractivity contribution in [2.45, 2.75) is 44.7 Å². The Morgan fingerprint density at radius 3 is 2.95 bits per heavy atom. The fourth-order valence-electron chi connectivity index (χ4n) is 2.20. The van der Waals surface area contributed by atoms with Gasteiger partial charge in [-0.3, -0.25) is 0 Å². The lowest BCUT2D eigenvalue weighted by molar-refractivity contribution is 0.283. The molecule has 1 saturated carbocycles. The number of aromatic nitrogens is 1. The van der Waals surface area contributed by atoms with E-state index >= 15 is 0 Å². The Labute approximate surface area is 115 Å². The molecule has 1 aromatic rings. The van der Waals surface area contributed by atoms with Crippen LogP contribution in [0.4, 0.5) is 5.82 Å². The predicted molar refractivity (Wildman–Crippen MR) is 78.3 cm³/mol. The summed E-state index contributed by atoms with van der Waals surface area (Å²) in [6.07, 6.45) is 7.55. The van der Waals surface area contributed by atoms with Gasteiger partial charge in [-0.2, -0.15) is 0 Å². The zero-order valence-electron chi connectivity index (χ0n) is 11.8. The van der Waals surface area contributed by atoms with Crippen molar-refractivity contribution in [2.24, 2.45) is 0 Å². The Morgan fingerprint density at radius 1 is 1.37 bits per heavy atom. The fourth-order valence-corrected chi connectivity index (χ4v) is 2.20. The van der Waals surface area contributed by atoms with E-state index in [1.165, 1.54) is 18.4 Å². The molecule has 19 heavy (non-hydrogen) atoms. The van der Waals surface area contributed by atoms with Crippen molar-refractivity contribution in [3.05, 3.63) is 23.9 Å². The quantitative estimate of drug-likeness (QED) is 0.668. The summed E-state index contributed by atoms with van der Waals surface area (Å²) in [4.78, 5) is 6.74. The highest BCUT2D eigenvalue weighted by molar-refractivity contribution is 5.45. The molecule has 1 fully saturated rings. The van der Waals surface area contributed by atoms with Crippen LogP contribution in [-0.4, -0.2) is 36.3 Å². The van der Waals surface area contributed by atoms with Crippen LogP contribution in [-0.2, 0) is 6.54 Å². The maximum absolute atomic E-state index is 8.79. The maximum atomic E-state index is 8.79. The topological polar surface area (TPSA) is 48.4 Å². The maximum Gasteiger partial charge on any atom is 0.132 e. The zero-order valence-corrected chi connectivity index (χ0v) is 11.8. The number of pyridine rings is 1. The lowest BCUT2D eigenvalue weighted by Crippen LogP contribution is -2.24. The van der Waals surface area contributed by atoms with Gasteiger partial charge in [-0.25, -0.2) is 4.98 Å². The zero-order chi connectivity index (χ0) is 13.5. The van der Waals surface area contributed by atoms with Crippen LogP contribution in [0.25, 0.3) is 0 Å². The van der Waals surface area contributed by atoms with Crippen LogP contribution in [0.1, 0.15) is 37.7 Å². The van der Waals surface area contributed by atoms with E-state index in [1.807, 2.05) is 12.3 Å². The average molecular weight is 263 g/mol. The van der Waals surface area contributed by atoms with Gasteiger partial charge in [0.05, 0.1) is 0 Å². The molecule has 0 spiro atoms. The van der Waals surface area contributed by atoms with Crippen LogP contribution in [0.5, 0.6) is 0 Å². The Morgan fingerprint density at radius 2 is 2.21 bits per heavy atom. The van der Waals surface area contributed by atoms with Crippen LogP contribution in [0.2, 0.25) is 0 Å². The molecule has 1 aromatic heterocycles. The molecule has 0 radical (unpaired) electrons. The standard InChI is InChI=1S/C15H25N3O/c1-18(10-3-2-4-11-19)15-13(6-5-9-16-15)12-17-14-7-8-14/h5-6,9,14,17,19H,2-4,7-8,10-12H2,1H3. The molecule has 0 unspecified atom stereocenters. The first-order valence-electron chi connectivity index (χ1n) is 7.30. The highest BCUT2D eigenvalue weighted by Gasteiger charge is 2.20. The van der Waals surface area contributed by atoms with E-state index in [1.54, 1.807) is 0 Å². The van der Waals surface area contributed by atoms with Crippen molar-refractivity contribution in [2.75, 3.05) is 25.1 Å². The highest BCUT2D eigenvalue weighted by Crippen LogP contribution is 2.21. The molecule has 0 amide bonds. The number of hydrogen-bond acceptors (Lipinski definition) is 4. The molecule has 1 aliphatic carbocycles. The lowest BCUT2D eigenvalue weighted by atomic mass is 10.2. The normalized spacial score (nSPS) is 14.6. The monoisotopic (exact) mass is 263 g/mol.